The molecule has 0 amide bonds. The summed E-state index contributed by atoms with van der Waals surface area (Å²) < 4.78 is 0. The largest absolute Gasteiger partial charge is 0.0814 e. The predicted molar refractivity (Wildman–Crippen MR) is 248 cm³/mol. The van der Waals surface area contributed by atoms with E-state index in [1.54, 1.807) is 0 Å². The molecule has 2 unspecified atom stereocenters. The Labute approximate surface area is 344 Å². The van der Waals surface area contributed by atoms with Crippen molar-refractivity contribution in [1.29, 1.82) is 0 Å². The van der Waals surface area contributed by atoms with Crippen molar-refractivity contribution in [3.8, 4) is 22.3 Å². The third-order valence-electron chi connectivity index (χ3n) is 14.3. The van der Waals surface area contributed by atoms with Gasteiger partial charge in [-0.25, -0.2) is 0 Å². The Kier molecular flexibility index (Phi) is 6.72. The minimum atomic E-state index is -0.559. The minimum absolute atomic E-state index is 0.436. The van der Waals surface area contributed by atoms with Crippen LogP contribution in [0.3, 0.4) is 0 Å². The molecule has 0 aromatic heterocycles. The first-order valence-corrected chi connectivity index (χ1v) is 21.1. The first kappa shape index (κ1) is 33.0. The molecule has 3 aliphatic rings. The van der Waals surface area contributed by atoms with Gasteiger partial charge in [0.25, 0.3) is 0 Å². The summed E-state index contributed by atoms with van der Waals surface area (Å²) in [7, 11) is 0. The molecule has 13 rings (SSSR count). The Morgan fingerprint density at radius 1 is 0.407 bits per heavy atom. The highest BCUT2D eigenvalue weighted by Gasteiger charge is 2.53. The lowest BCUT2D eigenvalue weighted by Crippen LogP contribution is -2.31. The van der Waals surface area contributed by atoms with E-state index in [4.69, 9.17) is 0 Å². The maximum Gasteiger partial charge on any atom is 0.0714 e. The Balaban J connectivity index is 1.27. The van der Waals surface area contributed by atoms with Crippen LogP contribution in [0.5, 0.6) is 0 Å². The molecular weight excluding hydrogens is 709 g/mol. The van der Waals surface area contributed by atoms with E-state index in [0.29, 0.717) is 5.92 Å². The summed E-state index contributed by atoms with van der Waals surface area (Å²) in [5.41, 5.74) is 15.2. The van der Waals surface area contributed by atoms with Crippen molar-refractivity contribution in [3.05, 3.63) is 251 Å². The van der Waals surface area contributed by atoms with Gasteiger partial charge in [0, 0.05) is 0 Å². The SMILES string of the molecule is CC1C=CC=C(C2(c3ccccc3)c3cc4c(cc3-c3c2ccc2ccccc32)C(c2ccccc2)(c2ccccc2)c2cc3ccc5cccc6ccc(c2-4)c3c56)C1. The van der Waals surface area contributed by atoms with Crippen LogP contribution >= 0.6 is 0 Å². The zero-order valence-corrected chi connectivity index (χ0v) is 32.9. The fourth-order valence-electron chi connectivity index (χ4n) is 12.0. The van der Waals surface area contributed by atoms with Crippen LogP contribution in [0.25, 0.3) is 65.3 Å². The highest BCUT2D eigenvalue weighted by Crippen LogP contribution is 2.65. The Morgan fingerprint density at radius 2 is 0.949 bits per heavy atom. The first-order chi connectivity index (χ1) is 29.2. The predicted octanol–water partition coefficient (Wildman–Crippen LogP) is 14.9. The van der Waals surface area contributed by atoms with Crippen molar-refractivity contribution in [2.24, 2.45) is 5.92 Å². The maximum atomic E-state index is 2.67. The molecule has 0 N–H and O–H groups in total. The van der Waals surface area contributed by atoms with E-state index in [9.17, 15) is 0 Å². The second-order valence-electron chi connectivity index (χ2n) is 17.2. The molecule has 2 atom stereocenters. The molecule has 0 aliphatic heterocycles. The summed E-state index contributed by atoms with van der Waals surface area (Å²) in [5, 5.41) is 10.5. The zero-order valence-electron chi connectivity index (χ0n) is 32.9. The lowest BCUT2D eigenvalue weighted by Gasteiger charge is -2.38. The van der Waals surface area contributed by atoms with Gasteiger partial charge in [0.05, 0.1) is 10.8 Å². The van der Waals surface area contributed by atoms with E-state index in [1.165, 1.54) is 110 Å². The fraction of sp³-hybridized carbons (Fsp3) is 0.0847. The molecule has 59 heavy (non-hydrogen) atoms. The first-order valence-electron chi connectivity index (χ1n) is 21.1. The number of hydrogen-bond acceptors (Lipinski definition) is 0. The van der Waals surface area contributed by atoms with E-state index in [0.717, 1.165) is 6.42 Å². The lowest BCUT2D eigenvalue weighted by molar-refractivity contribution is 0.615. The van der Waals surface area contributed by atoms with Gasteiger partial charge in [-0.05, 0) is 135 Å². The van der Waals surface area contributed by atoms with Crippen LogP contribution in [0.15, 0.2) is 212 Å². The topological polar surface area (TPSA) is 0 Å². The third kappa shape index (κ3) is 4.18. The Morgan fingerprint density at radius 3 is 1.63 bits per heavy atom. The molecule has 0 nitrogen and oxygen atoms in total. The minimum Gasteiger partial charge on any atom is -0.0814 e. The van der Waals surface area contributed by atoms with E-state index in [2.05, 4.69) is 213 Å². The van der Waals surface area contributed by atoms with Crippen molar-refractivity contribution in [2.45, 2.75) is 24.2 Å². The van der Waals surface area contributed by atoms with Gasteiger partial charge in [0.2, 0.25) is 0 Å². The van der Waals surface area contributed by atoms with Gasteiger partial charge in [-0.15, -0.1) is 0 Å². The molecule has 0 heterocycles. The summed E-state index contributed by atoms with van der Waals surface area (Å²) in [5.74, 6) is 0.436. The molecule has 276 valence electrons. The lowest BCUT2D eigenvalue weighted by atomic mass is 9.63. The second kappa shape index (κ2) is 12.0. The molecule has 0 radical (unpaired) electrons. The summed E-state index contributed by atoms with van der Waals surface area (Å²) in [4.78, 5) is 0. The smallest absolute Gasteiger partial charge is 0.0714 e. The van der Waals surface area contributed by atoms with Crippen molar-refractivity contribution in [2.75, 3.05) is 0 Å². The number of fused-ring (bicyclic) bond motifs is 9. The Hall–Kier alpha value is -7.02. The van der Waals surface area contributed by atoms with Crippen molar-refractivity contribution < 1.29 is 0 Å². The molecule has 3 aliphatic carbocycles. The number of allylic oxidation sites excluding steroid dienone is 4. The molecule has 0 saturated heterocycles. The number of benzene rings is 10. The van der Waals surface area contributed by atoms with Gasteiger partial charge in [-0.3, -0.25) is 0 Å². The second-order valence-corrected chi connectivity index (χ2v) is 17.2. The molecule has 0 spiro atoms. The molecule has 0 heteroatoms. The standard InChI is InChI=1S/C59H40/c1-37-15-13-25-45(33-37)59(44-23-9-4-10-24-44)50-32-30-38-16-11-12-26-46(38)56(50)48-35-51-49(36-52(48)59)57-47-31-29-40-18-14-17-39-27-28-41(55(47)54(39)40)34-53(57)58(51,42-19-5-2-6-20-42)43-21-7-3-8-22-43/h2-32,34-37H,33H2,1H3. The van der Waals surface area contributed by atoms with Crippen molar-refractivity contribution in [3.63, 3.8) is 0 Å². The summed E-state index contributed by atoms with van der Waals surface area (Å²) >= 11 is 0. The summed E-state index contributed by atoms with van der Waals surface area (Å²) in [6.45, 7) is 2.37. The van der Waals surface area contributed by atoms with Crippen LogP contribution in [0.2, 0.25) is 0 Å². The molecule has 10 aromatic rings. The van der Waals surface area contributed by atoms with Crippen LogP contribution in [-0.4, -0.2) is 0 Å². The normalized spacial score (nSPS) is 18.6. The third-order valence-corrected chi connectivity index (χ3v) is 14.3. The van der Waals surface area contributed by atoms with Gasteiger partial charge >= 0.3 is 0 Å². The van der Waals surface area contributed by atoms with E-state index in [1.807, 2.05) is 0 Å². The number of hydrogen-bond donors (Lipinski definition) is 0. The zero-order chi connectivity index (χ0) is 38.9. The molecule has 10 aromatic carbocycles. The van der Waals surface area contributed by atoms with Crippen LogP contribution in [0, 0.1) is 5.92 Å². The van der Waals surface area contributed by atoms with Crippen molar-refractivity contribution in [1.82, 2.24) is 0 Å². The van der Waals surface area contributed by atoms with Crippen LogP contribution < -0.4 is 0 Å². The summed E-state index contributed by atoms with van der Waals surface area (Å²) in [6.07, 6.45) is 8.12. The van der Waals surface area contributed by atoms with Gasteiger partial charge in [-0.2, -0.15) is 0 Å². The van der Waals surface area contributed by atoms with Gasteiger partial charge in [-0.1, -0.05) is 201 Å². The average Bonchev–Trinajstić information content (AvgIpc) is 3.76. The highest BCUT2D eigenvalue weighted by molar-refractivity contribution is 6.27. The van der Waals surface area contributed by atoms with Crippen LogP contribution in [0.4, 0.5) is 0 Å². The van der Waals surface area contributed by atoms with E-state index >= 15 is 0 Å². The van der Waals surface area contributed by atoms with E-state index < -0.39 is 10.8 Å². The van der Waals surface area contributed by atoms with E-state index in [-0.39, 0.29) is 0 Å². The molecule has 0 fully saturated rings. The monoisotopic (exact) mass is 748 g/mol. The fourth-order valence-corrected chi connectivity index (χ4v) is 12.0. The van der Waals surface area contributed by atoms with Gasteiger partial charge < -0.3 is 0 Å². The highest BCUT2D eigenvalue weighted by atomic mass is 14.5. The summed E-state index contributed by atoms with van der Waals surface area (Å²) in [6, 6.07) is 72.0. The maximum absolute atomic E-state index is 2.67. The van der Waals surface area contributed by atoms with Crippen molar-refractivity contribution >= 4 is 43.1 Å². The quantitative estimate of drug-likeness (QED) is 0.157. The van der Waals surface area contributed by atoms with Crippen LogP contribution in [-0.2, 0) is 10.8 Å². The molecular formula is C59H40. The number of rotatable bonds is 4. The average molecular weight is 749 g/mol. The van der Waals surface area contributed by atoms with Crippen LogP contribution in [0.1, 0.15) is 52.3 Å². The molecule has 0 bridgehead atoms. The van der Waals surface area contributed by atoms with Gasteiger partial charge in [0.15, 0.2) is 0 Å². The Bertz CT molecular complexity index is 3350. The van der Waals surface area contributed by atoms with Gasteiger partial charge in [0.1, 0.15) is 0 Å². The molecule has 0 saturated carbocycles.